The molecule has 2 heterocycles. The van der Waals surface area contributed by atoms with Crippen molar-refractivity contribution in [1.29, 1.82) is 0 Å². The minimum absolute atomic E-state index is 0.203. The molecule has 178 valence electrons. The van der Waals surface area contributed by atoms with Crippen molar-refractivity contribution in [3.63, 3.8) is 0 Å². The first-order valence-electron chi connectivity index (χ1n) is 11.1. The number of nitro groups is 1. The van der Waals surface area contributed by atoms with E-state index in [2.05, 4.69) is 15.4 Å². The molecule has 0 aliphatic rings. The maximum absolute atomic E-state index is 13.4. The zero-order chi connectivity index (χ0) is 25.2. The van der Waals surface area contributed by atoms with E-state index in [0.29, 0.717) is 27.9 Å². The number of rotatable bonds is 6. The molecule has 0 bridgehead atoms. The third kappa shape index (κ3) is 4.76. The number of aromatic nitrogens is 3. The van der Waals surface area contributed by atoms with Crippen LogP contribution < -0.4 is 10.1 Å². The van der Waals surface area contributed by atoms with E-state index in [1.165, 1.54) is 12.1 Å². The Kier molecular flexibility index (Phi) is 5.87. The van der Waals surface area contributed by atoms with Gasteiger partial charge in [0.15, 0.2) is 0 Å². The van der Waals surface area contributed by atoms with Crippen LogP contribution in [0, 0.1) is 17.0 Å². The van der Waals surface area contributed by atoms with Gasteiger partial charge in [-0.2, -0.15) is 5.10 Å². The Labute approximate surface area is 206 Å². The monoisotopic (exact) mass is 479 g/mol. The quantitative estimate of drug-likeness (QED) is 0.240. The molecule has 0 fully saturated rings. The molecule has 36 heavy (non-hydrogen) atoms. The summed E-state index contributed by atoms with van der Waals surface area (Å²) in [6.45, 7) is 1.95. The summed E-state index contributed by atoms with van der Waals surface area (Å²) in [4.78, 5) is 29.1. The van der Waals surface area contributed by atoms with Gasteiger partial charge in [-0.3, -0.25) is 19.6 Å². The predicted molar refractivity (Wildman–Crippen MR) is 136 cm³/mol. The molecule has 0 unspecified atom stereocenters. The van der Waals surface area contributed by atoms with Gasteiger partial charge >= 0.3 is 0 Å². The number of fused-ring (bicyclic) bond motifs is 1. The average molecular weight is 479 g/mol. The molecule has 0 saturated heterocycles. The van der Waals surface area contributed by atoms with Crippen molar-refractivity contribution in [1.82, 2.24) is 14.8 Å². The van der Waals surface area contributed by atoms with E-state index in [4.69, 9.17) is 4.74 Å². The second kappa shape index (κ2) is 9.30. The van der Waals surface area contributed by atoms with Crippen molar-refractivity contribution in [3.05, 3.63) is 106 Å². The van der Waals surface area contributed by atoms with Gasteiger partial charge in [0.2, 0.25) is 0 Å². The number of ether oxygens (including phenoxy) is 1. The fraction of sp³-hybridized carbons (Fsp3) is 0.0741. The summed E-state index contributed by atoms with van der Waals surface area (Å²) in [7, 11) is 1.80. The summed E-state index contributed by atoms with van der Waals surface area (Å²) in [6.07, 6.45) is 3.49. The van der Waals surface area contributed by atoms with Crippen molar-refractivity contribution < 1.29 is 14.5 Å². The Morgan fingerprint density at radius 1 is 1.03 bits per heavy atom. The third-order valence-electron chi connectivity index (χ3n) is 5.58. The number of aryl methyl sites for hydroxylation is 2. The first kappa shape index (κ1) is 22.7. The van der Waals surface area contributed by atoms with E-state index in [1.807, 2.05) is 49.5 Å². The van der Waals surface area contributed by atoms with Crippen LogP contribution in [0.15, 0.2) is 85.2 Å². The van der Waals surface area contributed by atoms with E-state index in [0.717, 1.165) is 11.1 Å². The highest BCUT2D eigenvalue weighted by atomic mass is 16.6. The second-order valence-corrected chi connectivity index (χ2v) is 8.32. The van der Waals surface area contributed by atoms with Crippen LogP contribution in [0.1, 0.15) is 15.9 Å². The number of para-hydroxylation sites is 1. The summed E-state index contributed by atoms with van der Waals surface area (Å²) < 4.78 is 7.48. The number of carbonyl (C=O) groups excluding carboxylic acids is 1. The molecule has 5 rings (SSSR count). The summed E-state index contributed by atoms with van der Waals surface area (Å²) in [5.74, 6) is 0.333. The van der Waals surface area contributed by atoms with E-state index in [1.54, 1.807) is 42.2 Å². The van der Waals surface area contributed by atoms with Crippen LogP contribution in [-0.4, -0.2) is 25.6 Å². The van der Waals surface area contributed by atoms with E-state index in [9.17, 15) is 14.9 Å². The molecule has 0 aliphatic carbocycles. The Morgan fingerprint density at radius 3 is 2.53 bits per heavy atom. The lowest BCUT2D eigenvalue weighted by atomic mass is 10.0. The van der Waals surface area contributed by atoms with Crippen LogP contribution in [0.25, 0.3) is 22.2 Å². The molecule has 2 aromatic heterocycles. The first-order valence-corrected chi connectivity index (χ1v) is 11.1. The van der Waals surface area contributed by atoms with E-state index < -0.39 is 10.8 Å². The number of nitrogens with one attached hydrogen (secondary N) is 1. The lowest BCUT2D eigenvalue weighted by Gasteiger charge is -2.12. The summed E-state index contributed by atoms with van der Waals surface area (Å²) in [5.41, 5.74) is 3.48. The zero-order valence-corrected chi connectivity index (χ0v) is 19.5. The minimum Gasteiger partial charge on any atom is -0.457 e. The number of hydrogen-bond donors (Lipinski definition) is 1. The number of non-ortho nitro benzene ring substituents is 1. The molecule has 9 heteroatoms. The Hall–Kier alpha value is -5.05. The Morgan fingerprint density at radius 2 is 1.81 bits per heavy atom. The standard InChI is InChI=1S/C27H21N5O4/c1-17-7-9-21(10-8-17)36-22-12-19(11-20(13-22)32(34)35)29-27(33)24-14-26(18-15-28-31(2)16-18)30-25-6-4-3-5-23(24)25/h3-16H,1-2H3,(H,29,33). The minimum atomic E-state index is -0.528. The number of hydrogen-bond acceptors (Lipinski definition) is 6. The molecule has 3 aromatic carbocycles. The van der Waals surface area contributed by atoms with Crippen LogP contribution in [0.4, 0.5) is 11.4 Å². The highest BCUT2D eigenvalue weighted by molar-refractivity contribution is 6.13. The normalized spacial score (nSPS) is 10.8. The SMILES string of the molecule is Cc1ccc(Oc2cc(NC(=O)c3cc(-c4cnn(C)c4)nc4ccccc34)cc([N+](=O)[O-])c2)cc1. The maximum atomic E-state index is 13.4. The largest absolute Gasteiger partial charge is 0.457 e. The molecule has 0 radical (unpaired) electrons. The average Bonchev–Trinajstić information content (AvgIpc) is 3.31. The highest BCUT2D eigenvalue weighted by Gasteiger charge is 2.18. The summed E-state index contributed by atoms with van der Waals surface area (Å²) >= 11 is 0. The first-order chi connectivity index (χ1) is 17.4. The van der Waals surface area contributed by atoms with Crippen molar-refractivity contribution in [2.24, 2.45) is 7.05 Å². The summed E-state index contributed by atoms with van der Waals surface area (Å²) in [6, 6.07) is 20.5. The van der Waals surface area contributed by atoms with Crippen molar-refractivity contribution in [2.75, 3.05) is 5.32 Å². The molecule has 0 aliphatic heterocycles. The van der Waals surface area contributed by atoms with Crippen molar-refractivity contribution in [2.45, 2.75) is 6.92 Å². The fourth-order valence-electron chi connectivity index (χ4n) is 3.83. The van der Waals surface area contributed by atoms with Crippen LogP contribution in [0.2, 0.25) is 0 Å². The van der Waals surface area contributed by atoms with E-state index >= 15 is 0 Å². The van der Waals surface area contributed by atoms with Gasteiger partial charge in [-0.25, -0.2) is 4.98 Å². The smallest absolute Gasteiger partial charge is 0.275 e. The van der Waals surface area contributed by atoms with Crippen LogP contribution in [0.3, 0.4) is 0 Å². The molecule has 9 nitrogen and oxygen atoms in total. The highest BCUT2D eigenvalue weighted by Crippen LogP contribution is 2.31. The van der Waals surface area contributed by atoms with Gasteiger partial charge in [0, 0.05) is 36.3 Å². The maximum Gasteiger partial charge on any atom is 0.275 e. The Balaban J connectivity index is 1.51. The van der Waals surface area contributed by atoms with Crippen molar-refractivity contribution >= 4 is 28.2 Å². The number of pyridine rings is 1. The van der Waals surface area contributed by atoms with Crippen LogP contribution in [-0.2, 0) is 7.05 Å². The van der Waals surface area contributed by atoms with E-state index in [-0.39, 0.29) is 17.1 Å². The van der Waals surface area contributed by atoms with Gasteiger partial charge in [-0.05, 0) is 31.2 Å². The third-order valence-corrected chi connectivity index (χ3v) is 5.58. The number of nitrogens with zero attached hydrogens (tertiary/aromatic N) is 4. The number of benzene rings is 3. The van der Waals surface area contributed by atoms with Crippen LogP contribution in [0.5, 0.6) is 11.5 Å². The topological polar surface area (TPSA) is 112 Å². The second-order valence-electron chi connectivity index (χ2n) is 8.32. The van der Waals surface area contributed by atoms with Gasteiger partial charge in [-0.1, -0.05) is 35.9 Å². The molecule has 0 spiro atoms. The van der Waals surface area contributed by atoms with Gasteiger partial charge in [0.25, 0.3) is 11.6 Å². The van der Waals surface area contributed by atoms with Gasteiger partial charge in [-0.15, -0.1) is 0 Å². The van der Waals surface area contributed by atoms with Gasteiger partial charge in [0.1, 0.15) is 11.5 Å². The number of anilines is 1. The van der Waals surface area contributed by atoms with Gasteiger partial charge < -0.3 is 10.1 Å². The zero-order valence-electron chi connectivity index (χ0n) is 19.5. The molecule has 5 aromatic rings. The lowest BCUT2D eigenvalue weighted by molar-refractivity contribution is -0.384. The van der Waals surface area contributed by atoms with Gasteiger partial charge in [0.05, 0.1) is 39.6 Å². The summed E-state index contributed by atoms with van der Waals surface area (Å²) in [5, 5.41) is 19.2. The predicted octanol–water partition coefficient (Wildman–Crippen LogP) is 5.90. The number of amides is 1. The molecule has 1 amide bonds. The molecule has 0 saturated carbocycles. The Bertz CT molecular complexity index is 1610. The van der Waals surface area contributed by atoms with Crippen molar-refractivity contribution in [3.8, 4) is 22.8 Å². The molecular formula is C27H21N5O4. The molecule has 0 atom stereocenters. The molecule has 1 N–H and O–H groups in total. The number of nitro benzene ring substituents is 1. The fourth-order valence-corrected chi connectivity index (χ4v) is 3.83. The number of carbonyl (C=O) groups is 1. The molecular weight excluding hydrogens is 458 g/mol. The lowest BCUT2D eigenvalue weighted by Crippen LogP contribution is -2.13. The van der Waals surface area contributed by atoms with Crippen LogP contribution >= 0.6 is 0 Å².